The topological polar surface area (TPSA) is 15.6 Å². The zero-order valence-corrected chi connectivity index (χ0v) is 8.77. The summed E-state index contributed by atoms with van der Waals surface area (Å²) in [6, 6.07) is 0. The number of hydrogen-bond donors (Lipinski definition) is 0. The first kappa shape index (κ1) is 9.68. The van der Waals surface area contributed by atoms with Crippen LogP contribution in [0.2, 0.25) is 0 Å². The highest BCUT2D eigenvalue weighted by atomic mass is 32.2. The Bertz CT molecular complexity index is 237. The van der Waals surface area contributed by atoms with Crippen LogP contribution in [0.5, 0.6) is 0 Å². The van der Waals surface area contributed by atoms with Gasteiger partial charge >= 0.3 is 0 Å². The second kappa shape index (κ2) is 4.58. The van der Waals surface area contributed by atoms with Gasteiger partial charge in [0.05, 0.1) is 0 Å². The van der Waals surface area contributed by atoms with E-state index < -0.39 is 0 Å². The number of allylic oxidation sites excluding steroid dienone is 3. The van der Waals surface area contributed by atoms with Crippen molar-refractivity contribution in [1.82, 2.24) is 4.31 Å². The minimum absolute atomic E-state index is 0.00309. The molecule has 1 atom stereocenters. The lowest BCUT2D eigenvalue weighted by Gasteiger charge is -2.20. The van der Waals surface area contributed by atoms with Crippen molar-refractivity contribution in [3.05, 3.63) is 23.3 Å². The third kappa shape index (κ3) is 2.29. The molecule has 0 fully saturated rings. The van der Waals surface area contributed by atoms with E-state index in [0.29, 0.717) is 0 Å². The molecular formula is C9H16N2S. The molecule has 1 heterocycles. The largest absolute Gasteiger partial charge is 0.239 e. The number of rotatable bonds is 3. The molecule has 0 N–H and O–H groups in total. The van der Waals surface area contributed by atoms with Crippen molar-refractivity contribution in [2.24, 2.45) is 4.36 Å². The minimum atomic E-state index is -0.00309. The van der Waals surface area contributed by atoms with Crippen LogP contribution in [-0.4, -0.2) is 17.4 Å². The molecule has 0 aromatic rings. The van der Waals surface area contributed by atoms with Crippen LogP contribution >= 0.6 is 0 Å². The molecule has 0 amide bonds. The molecule has 0 radical (unpaired) electrons. The second-order valence-electron chi connectivity index (χ2n) is 2.63. The van der Waals surface area contributed by atoms with E-state index in [0.717, 1.165) is 18.8 Å². The third-order valence-corrected chi connectivity index (χ3v) is 3.67. The van der Waals surface area contributed by atoms with Gasteiger partial charge in [0.15, 0.2) is 0 Å². The first-order chi connectivity index (χ1) is 5.77. The normalized spacial score (nSPS) is 22.3. The van der Waals surface area contributed by atoms with E-state index in [9.17, 15) is 0 Å². The van der Waals surface area contributed by atoms with Gasteiger partial charge in [-0.3, -0.25) is 0 Å². The Morgan fingerprint density at radius 1 is 1.42 bits per heavy atom. The third-order valence-electron chi connectivity index (χ3n) is 1.75. The summed E-state index contributed by atoms with van der Waals surface area (Å²) in [5.41, 5.74) is 1.13. The van der Waals surface area contributed by atoms with E-state index in [4.69, 9.17) is 0 Å². The van der Waals surface area contributed by atoms with Crippen LogP contribution in [-0.2, 0) is 10.9 Å². The molecule has 1 aliphatic heterocycles. The van der Waals surface area contributed by atoms with Gasteiger partial charge in [-0.25, -0.2) is 8.67 Å². The van der Waals surface area contributed by atoms with E-state index in [1.54, 1.807) is 0 Å². The molecule has 1 rings (SSSR count). The van der Waals surface area contributed by atoms with Gasteiger partial charge in [0.25, 0.3) is 0 Å². The first-order valence-corrected chi connectivity index (χ1v) is 5.53. The molecule has 0 aliphatic carbocycles. The Balaban J connectivity index is 2.76. The summed E-state index contributed by atoms with van der Waals surface area (Å²) in [4.78, 5) is 0. The average molecular weight is 184 g/mol. The summed E-state index contributed by atoms with van der Waals surface area (Å²) in [7, 11) is -0.00309. The summed E-state index contributed by atoms with van der Waals surface area (Å²) in [6.07, 6.45) is 4.15. The van der Waals surface area contributed by atoms with Crippen molar-refractivity contribution in [3.63, 3.8) is 0 Å². The van der Waals surface area contributed by atoms with Gasteiger partial charge in [-0.2, -0.15) is 0 Å². The molecule has 1 aliphatic rings. The Morgan fingerprint density at radius 3 is 2.58 bits per heavy atom. The summed E-state index contributed by atoms with van der Waals surface area (Å²) in [5, 5.41) is 2.17. The molecule has 3 heteroatoms. The highest BCUT2D eigenvalue weighted by molar-refractivity contribution is 7.88. The zero-order valence-electron chi connectivity index (χ0n) is 7.95. The van der Waals surface area contributed by atoms with Crippen LogP contribution in [0.4, 0.5) is 0 Å². The number of nitrogens with zero attached hydrogens (tertiary/aromatic N) is 2. The molecule has 0 saturated heterocycles. The molecule has 0 bridgehead atoms. The van der Waals surface area contributed by atoms with Gasteiger partial charge in [0.2, 0.25) is 0 Å². The van der Waals surface area contributed by atoms with Crippen LogP contribution in [0, 0.1) is 0 Å². The standard InChI is InChI=1S/C9H16N2S/c1-4-11(5-2)12-8-6-7-9(3)10-12/h6-8H,4-5H2,1-3H3. The van der Waals surface area contributed by atoms with Crippen molar-refractivity contribution >= 4 is 10.9 Å². The highest BCUT2D eigenvalue weighted by Crippen LogP contribution is 2.10. The molecule has 2 nitrogen and oxygen atoms in total. The van der Waals surface area contributed by atoms with Crippen LogP contribution in [0.1, 0.15) is 20.8 Å². The molecule has 0 saturated carbocycles. The average Bonchev–Trinajstić information content (AvgIpc) is 2.07. The lowest BCUT2D eigenvalue weighted by Crippen LogP contribution is -2.24. The summed E-state index contributed by atoms with van der Waals surface area (Å²) < 4.78 is 6.91. The maximum Gasteiger partial charge on any atom is 0.0464 e. The summed E-state index contributed by atoms with van der Waals surface area (Å²) >= 11 is 0. The fraction of sp³-hybridized carbons (Fsp3) is 0.556. The van der Waals surface area contributed by atoms with E-state index in [1.807, 2.05) is 13.0 Å². The maximum atomic E-state index is 4.55. The molecule has 68 valence electrons. The lowest BCUT2D eigenvalue weighted by molar-refractivity contribution is 0.520. The van der Waals surface area contributed by atoms with Gasteiger partial charge in [0.1, 0.15) is 0 Å². The van der Waals surface area contributed by atoms with Gasteiger partial charge in [0, 0.05) is 18.8 Å². The maximum absolute atomic E-state index is 4.55. The van der Waals surface area contributed by atoms with E-state index >= 15 is 0 Å². The summed E-state index contributed by atoms with van der Waals surface area (Å²) in [5.74, 6) is 0. The second-order valence-corrected chi connectivity index (χ2v) is 4.19. The minimum Gasteiger partial charge on any atom is -0.239 e. The van der Waals surface area contributed by atoms with E-state index in [-0.39, 0.29) is 10.9 Å². The summed E-state index contributed by atoms with van der Waals surface area (Å²) in [6.45, 7) is 8.54. The molecule has 0 spiro atoms. The van der Waals surface area contributed by atoms with Gasteiger partial charge in [-0.1, -0.05) is 19.9 Å². The first-order valence-electron chi connectivity index (χ1n) is 4.33. The zero-order chi connectivity index (χ0) is 8.97. The SMILES string of the molecule is CCN(CC)S1=NC(C)=CC=C1. The van der Waals surface area contributed by atoms with Crippen LogP contribution < -0.4 is 0 Å². The van der Waals surface area contributed by atoms with E-state index in [2.05, 4.69) is 34.0 Å². The molecule has 0 aromatic carbocycles. The Hall–Kier alpha value is -0.410. The number of hydrogen-bond acceptors (Lipinski definition) is 2. The molecule has 0 aromatic heterocycles. The van der Waals surface area contributed by atoms with Crippen molar-refractivity contribution in [2.75, 3.05) is 13.1 Å². The Labute approximate surface area is 77.2 Å². The van der Waals surface area contributed by atoms with Gasteiger partial charge < -0.3 is 0 Å². The predicted molar refractivity (Wildman–Crippen MR) is 55.6 cm³/mol. The Kier molecular flexibility index (Phi) is 3.69. The lowest BCUT2D eigenvalue weighted by atomic mass is 10.4. The predicted octanol–water partition coefficient (Wildman–Crippen LogP) is 2.48. The smallest absolute Gasteiger partial charge is 0.0464 e. The van der Waals surface area contributed by atoms with E-state index in [1.165, 1.54) is 0 Å². The highest BCUT2D eigenvalue weighted by Gasteiger charge is 2.04. The quantitative estimate of drug-likeness (QED) is 0.658. The molecule has 1 unspecified atom stereocenters. The molecular weight excluding hydrogens is 168 g/mol. The van der Waals surface area contributed by atoms with Gasteiger partial charge in [-0.15, -0.1) is 0 Å². The Morgan fingerprint density at radius 2 is 2.08 bits per heavy atom. The fourth-order valence-electron chi connectivity index (χ4n) is 1.09. The van der Waals surface area contributed by atoms with Crippen LogP contribution in [0.15, 0.2) is 27.6 Å². The van der Waals surface area contributed by atoms with Crippen LogP contribution in [0.25, 0.3) is 0 Å². The fourth-order valence-corrected chi connectivity index (χ4v) is 2.54. The van der Waals surface area contributed by atoms with Gasteiger partial charge in [-0.05, 0) is 29.3 Å². The molecule has 12 heavy (non-hydrogen) atoms. The van der Waals surface area contributed by atoms with Crippen molar-refractivity contribution in [2.45, 2.75) is 20.8 Å². The van der Waals surface area contributed by atoms with Crippen molar-refractivity contribution < 1.29 is 0 Å². The monoisotopic (exact) mass is 184 g/mol. The van der Waals surface area contributed by atoms with Crippen molar-refractivity contribution in [3.8, 4) is 0 Å². The van der Waals surface area contributed by atoms with Crippen LogP contribution in [0.3, 0.4) is 0 Å². The van der Waals surface area contributed by atoms with Crippen molar-refractivity contribution in [1.29, 1.82) is 0 Å².